The Morgan fingerprint density at radius 3 is 2.63 bits per heavy atom. The van der Waals surface area contributed by atoms with Crippen LogP contribution in [0.15, 0.2) is 35.8 Å². The molecule has 2 aromatic rings. The Labute approximate surface area is 118 Å². The quantitative estimate of drug-likeness (QED) is 0.857. The van der Waals surface area contributed by atoms with Gasteiger partial charge in [0.15, 0.2) is 5.13 Å². The molecule has 19 heavy (non-hydrogen) atoms. The van der Waals surface area contributed by atoms with Crippen LogP contribution < -0.4 is 4.90 Å². The van der Waals surface area contributed by atoms with Crippen LogP contribution in [0.1, 0.15) is 11.1 Å². The maximum Gasteiger partial charge on any atom is 0.185 e. The SMILES string of the molecule is Cc1ccccc1CN1CCN(c2nccs2)CC1. The topological polar surface area (TPSA) is 19.4 Å². The van der Waals surface area contributed by atoms with Gasteiger partial charge >= 0.3 is 0 Å². The van der Waals surface area contributed by atoms with E-state index in [1.807, 2.05) is 6.20 Å². The Morgan fingerprint density at radius 2 is 1.95 bits per heavy atom. The lowest BCUT2D eigenvalue weighted by Crippen LogP contribution is -2.46. The molecule has 0 bridgehead atoms. The van der Waals surface area contributed by atoms with Gasteiger partial charge in [0.1, 0.15) is 0 Å². The van der Waals surface area contributed by atoms with Crippen LogP contribution in [0.2, 0.25) is 0 Å². The molecule has 0 aliphatic carbocycles. The predicted octanol–water partition coefficient (Wildman–Crippen LogP) is 2.77. The maximum absolute atomic E-state index is 4.39. The fourth-order valence-corrected chi connectivity index (χ4v) is 3.19. The van der Waals surface area contributed by atoms with Gasteiger partial charge in [-0.25, -0.2) is 4.98 Å². The largest absolute Gasteiger partial charge is 0.346 e. The molecule has 0 spiro atoms. The van der Waals surface area contributed by atoms with E-state index in [0.29, 0.717) is 0 Å². The molecular weight excluding hydrogens is 254 g/mol. The number of aromatic nitrogens is 1. The summed E-state index contributed by atoms with van der Waals surface area (Å²) in [5, 5.41) is 3.21. The highest BCUT2D eigenvalue weighted by Crippen LogP contribution is 2.20. The zero-order chi connectivity index (χ0) is 13.1. The van der Waals surface area contributed by atoms with E-state index in [9.17, 15) is 0 Å². The van der Waals surface area contributed by atoms with Gasteiger partial charge < -0.3 is 4.90 Å². The first-order valence-electron chi connectivity index (χ1n) is 6.74. The van der Waals surface area contributed by atoms with Crippen molar-refractivity contribution in [3.8, 4) is 0 Å². The second-order valence-corrected chi connectivity index (χ2v) is 5.88. The molecule has 0 atom stereocenters. The zero-order valence-corrected chi connectivity index (χ0v) is 12.1. The third-order valence-electron chi connectivity index (χ3n) is 3.72. The Balaban J connectivity index is 1.57. The Kier molecular flexibility index (Phi) is 3.80. The van der Waals surface area contributed by atoms with E-state index in [4.69, 9.17) is 0 Å². The van der Waals surface area contributed by atoms with Gasteiger partial charge in [-0.05, 0) is 18.1 Å². The third kappa shape index (κ3) is 2.96. The Bertz CT molecular complexity index is 516. The lowest BCUT2D eigenvalue weighted by molar-refractivity contribution is 0.249. The van der Waals surface area contributed by atoms with Crippen LogP contribution in [0.5, 0.6) is 0 Å². The number of anilines is 1. The lowest BCUT2D eigenvalue weighted by Gasteiger charge is -2.34. The van der Waals surface area contributed by atoms with E-state index >= 15 is 0 Å². The van der Waals surface area contributed by atoms with Crippen molar-refractivity contribution >= 4 is 16.5 Å². The van der Waals surface area contributed by atoms with Crippen molar-refractivity contribution in [2.45, 2.75) is 13.5 Å². The molecule has 1 saturated heterocycles. The minimum atomic E-state index is 1.07. The van der Waals surface area contributed by atoms with Crippen LogP contribution in [-0.4, -0.2) is 36.1 Å². The van der Waals surface area contributed by atoms with Crippen LogP contribution in [0.4, 0.5) is 5.13 Å². The Morgan fingerprint density at radius 1 is 1.16 bits per heavy atom. The maximum atomic E-state index is 4.39. The molecule has 0 saturated carbocycles. The second kappa shape index (κ2) is 5.72. The molecule has 1 aliphatic rings. The molecule has 0 radical (unpaired) electrons. The van der Waals surface area contributed by atoms with Gasteiger partial charge in [0.25, 0.3) is 0 Å². The number of aryl methyl sites for hydroxylation is 1. The van der Waals surface area contributed by atoms with Gasteiger partial charge in [-0.1, -0.05) is 24.3 Å². The molecule has 1 aliphatic heterocycles. The molecule has 0 unspecified atom stereocenters. The molecule has 4 heteroatoms. The summed E-state index contributed by atoms with van der Waals surface area (Å²) in [5.74, 6) is 0. The second-order valence-electron chi connectivity index (χ2n) is 5.00. The molecule has 100 valence electrons. The van der Waals surface area contributed by atoms with Gasteiger partial charge in [0.2, 0.25) is 0 Å². The molecule has 1 fully saturated rings. The predicted molar refractivity (Wildman–Crippen MR) is 80.8 cm³/mol. The molecular formula is C15H19N3S. The van der Waals surface area contributed by atoms with Crippen LogP contribution in [0.25, 0.3) is 0 Å². The molecule has 0 amide bonds. The molecule has 0 N–H and O–H groups in total. The first-order valence-corrected chi connectivity index (χ1v) is 7.62. The van der Waals surface area contributed by atoms with Crippen LogP contribution in [0.3, 0.4) is 0 Å². The number of benzene rings is 1. The summed E-state index contributed by atoms with van der Waals surface area (Å²) < 4.78 is 0. The zero-order valence-electron chi connectivity index (χ0n) is 11.2. The molecule has 2 heterocycles. The number of thiazole rings is 1. The molecule has 1 aromatic heterocycles. The molecule has 3 nitrogen and oxygen atoms in total. The third-order valence-corrected chi connectivity index (χ3v) is 4.55. The lowest BCUT2D eigenvalue weighted by atomic mass is 10.1. The highest BCUT2D eigenvalue weighted by atomic mass is 32.1. The highest BCUT2D eigenvalue weighted by Gasteiger charge is 2.18. The standard InChI is InChI=1S/C15H19N3S/c1-13-4-2-3-5-14(13)12-17-7-9-18(10-8-17)15-16-6-11-19-15/h2-6,11H,7-10,12H2,1H3. The summed E-state index contributed by atoms with van der Waals surface area (Å²) in [7, 11) is 0. The molecule has 3 rings (SSSR count). The van der Waals surface area contributed by atoms with Crippen molar-refractivity contribution in [1.29, 1.82) is 0 Å². The van der Waals surface area contributed by atoms with E-state index in [1.165, 1.54) is 11.1 Å². The minimum absolute atomic E-state index is 1.07. The summed E-state index contributed by atoms with van der Waals surface area (Å²) in [6.45, 7) is 7.67. The first kappa shape index (κ1) is 12.6. The van der Waals surface area contributed by atoms with E-state index in [1.54, 1.807) is 11.3 Å². The van der Waals surface area contributed by atoms with Crippen molar-refractivity contribution in [1.82, 2.24) is 9.88 Å². The number of piperazine rings is 1. The minimum Gasteiger partial charge on any atom is -0.346 e. The fourth-order valence-electron chi connectivity index (χ4n) is 2.50. The number of hydrogen-bond donors (Lipinski definition) is 0. The summed E-state index contributed by atoms with van der Waals surface area (Å²) in [5.41, 5.74) is 2.84. The average molecular weight is 273 g/mol. The van der Waals surface area contributed by atoms with E-state index in [-0.39, 0.29) is 0 Å². The number of hydrogen-bond acceptors (Lipinski definition) is 4. The summed E-state index contributed by atoms with van der Waals surface area (Å²) in [6, 6.07) is 8.68. The van der Waals surface area contributed by atoms with E-state index in [2.05, 4.69) is 51.4 Å². The normalized spacial score (nSPS) is 16.8. The van der Waals surface area contributed by atoms with Crippen molar-refractivity contribution in [3.63, 3.8) is 0 Å². The van der Waals surface area contributed by atoms with Crippen molar-refractivity contribution in [2.24, 2.45) is 0 Å². The smallest absolute Gasteiger partial charge is 0.185 e. The van der Waals surface area contributed by atoms with Crippen LogP contribution in [0, 0.1) is 6.92 Å². The van der Waals surface area contributed by atoms with Gasteiger partial charge in [-0.3, -0.25) is 4.90 Å². The van der Waals surface area contributed by atoms with Crippen LogP contribution in [-0.2, 0) is 6.54 Å². The molecule has 1 aromatic carbocycles. The Hall–Kier alpha value is -1.39. The number of nitrogens with zero attached hydrogens (tertiary/aromatic N) is 3. The summed E-state index contributed by atoms with van der Waals surface area (Å²) >= 11 is 1.73. The van der Waals surface area contributed by atoms with Gasteiger partial charge in [-0.15, -0.1) is 11.3 Å². The van der Waals surface area contributed by atoms with E-state index < -0.39 is 0 Å². The van der Waals surface area contributed by atoms with Gasteiger partial charge in [0.05, 0.1) is 0 Å². The van der Waals surface area contributed by atoms with Gasteiger partial charge in [-0.2, -0.15) is 0 Å². The average Bonchev–Trinajstić information content (AvgIpc) is 2.96. The van der Waals surface area contributed by atoms with Crippen molar-refractivity contribution in [2.75, 3.05) is 31.1 Å². The van der Waals surface area contributed by atoms with E-state index in [0.717, 1.165) is 37.9 Å². The highest BCUT2D eigenvalue weighted by molar-refractivity contribution is 7.13. The summed E-state index contributed by atoms with van der Waals surface area (Å²) in [6.07, 6.45) is 1.89. The van der Waals surface area contributed by atoms with Crippen molar-refractivity contribution < 1.29 is 0 Å². The summed E-state index contributed by atoms with van der Waals surface area (Å²) in [4.78, 5) is 9.31. The number of rotatable bonds is 3. The fraction of sp³-hybridized carbons (Fsp3) is 0.400. The van der Waals surface area contributed by atoms with Gasteiger partial charge in [0, 0.05) is 44.3 Å². The van der Waals surface area contributed by atoms with Crippen molar-refractivity contribution in [3.05, 3.63) is 47.0 Å². The first-order chi connectivity index (χ1) is 9.33. The van der Waals surface area contributed by atoms with Crippen LogP contribution >= 0.6 is 11.3 Å². The monoisotopic (exact) mass is 273 g/mol.